The molecule has 2 aromatic carbocycles. The zero-order valence-electron chi connectivity index (χ0n) is 12.8. The number of benzene rings is 2. The van der Waals surface area contributed by atoms with Crippen LogP contribution >= 0.6 is 0 Å². The van der Waals surface area contributed by atoms with Crippen molar-refractivity contribution in [3.05, 3.63) is 42.0 Å². The summed E-state index contributed by atoms with van der Waals surface area (Å²) in [4.78, 5) is 2.33. The zero-order chi connectivity index (χ0) is 14.8. The van der Waals surface area contributed by atoms with Crippen molar-refractivity contribution in [3.63, 3.8) is 0 Å². The quantitative estimate of drug-likeness (QED) is 0.904. The second-order valence-corrected chi connectivity index (χ2v) is 6.13. The van der Waals surface area contributed by atoms with E-state index < -0.39 is 0 Å². The summed E-state index contributed by atoms with van der Waals surface area (Å²) in [7, 11) is 2.14. The van der Waals surface area contributed by atoms with Crippen LogP contribution in [0.5, 0.6) is 5.75 Å². The molecule has 1 fully saturated rings. The number of nitrogens with one attached hydrogen (secondary N) is 1. The Balaban J connectivity index is 1.83. The van der Waals surface area contributed by atoms with Crippen molar-refractivity contribution in [2.45, 2.75) is 31.8 Å². The Bertz CT molecular complexity index is 620. The minimum Gasteiger partial charge on any atom is -0.507 e. The molecule has 1 heterocycles. The Labute approximate surface area is 126 Å². The third kappa shape index (κ3) is 2.89. The monoisotopic (exact) mass is 284 g/mol. The maximum atomic E-state index is 10.6. The summed E-state index contributed by atoms with van der Waals surface area (Å²) in [5.74, 6) is 0.423. The molecule has 1 aliphatic rings. The van der Waals surface area contributed by atoms with Crippen molar-refractivity contribution in [1.29, 1.82) is 0 Å². The predicted octanol–water partition coefficient (Wildman–Crippen LogP) is 3.29. The van der Waals surface area contributed by atoms with E-state index in [1.807, 2.05) is 24.3 Å². The lowest BCUT2D eigenvalue weighted by atomic mass is 10.00. The highest BCUT2D eigenvalue weighted by molar-refractivity contribution is 5.89. The van der Waals surface area contributed by atoms with Gasteiger partial charge in [-0.15, -0.1) is 0 Å². The lowest BCUT2D eigenvalue weighted by molar-refractivity contribution is 0.234. The van der Waals surface area contributed by atoms with Gasteiger partial charge in [-0.2, -0.15) is 0 Å². The van der Waals surface area contributed by atoms with E-state index in [0.29, 0.717) is 11.8 Å². The lowest BCUT2D eigenvalue weighted by Crippen LogP contribution is -2.36. The Morgan fingerprint density at radius 3 is 2.86 bits per heavy atom. The Hall–Kier alpha value is -1.58. The number of rotatable bonds is 4. The second-order valence-electron chi connectivity index (χ2n) is 6.13. The molecule has 0 saturated carbocycles. The largest absolute Gasteiger partial charge is 0.507 e. The van der Waals surface area contributed by atoms with Crippen molar-refractivity contribution in [1.82, 2.24) is 10.2 Å². The van der Waals surface area contributed by atoms with Gasteiger partial charge in [0.15, 0.2) is 0 Å². The number of hydrogen-bond donors (Lipinski definition) is 2. The number of phenolic OH excluding ortho intramolecular Hbond substituents is 1. The van der Waals surface area contributed by atoms with Gasteiger partial charge in [-0.05, 0) is 38.7 Å². The molecule has 112 valence electrons. The molecular formula is C18H24N2O. The van der Waals surface area contributed by atoms with Crippen LogP contribution in [0.3, 0.4) is 0 Å². The zero-order valence-corrected chi connectivity index (χ0v) is 12.8. The molecule has 2 atom stereocenters. The summed E-state index contributed by atoms with van der Waals surface area (Å²) in [5.41, 5.74) is 1.01. The first-order chi connectivity index (χ1) is 10.2. The fraction of sp³-hybridized carbons (Fsp3) is 0.444. The van der Waals surface area contributed by atoms with Gasteiger partial charge in [0.25, 0.3) is 0 Å². The molecule has 3 rings (SSSR count). The van der Waals surface area contributed by atoms with Crippen molar-refractivity contribution in [2.24, 2.45) is 0 Å². The van der Waals surface area contributed by atoms with Crippen LogP contribution in [0.4, 0.5) is 0 Å². The summed E-state index contributed by atoms with van der Waals surface area (Å²) >= 11 is 0. The number of hydrogen-bond acceptors (Lipinski definition) is 3. The molecule has 1 aliphatic heterocycles. The Morgan fingerprint density at radius 1 is 1.29 bits per heavy atom. The van der Waals surface area contributed by atoms with Crippen molar-refractivity contribution in [3.8, 4) is 5.75 Å². The molecule has 21 heavy (non-hydrogen) atoms. The highest BCUT2D eigenvalue weighted by Crippen LogP contribution is 2.34. The Morgan fingerprint density at radius 2 is 2.10 bits per heavy atom. The standard InChI is InChI=1S/C18H24N2O/c1-13(20(2)12-15-7-5-11-19-15)16-10-9-14-6-3-4-8-17(14)18(16)21/h3-4,6,8-10,13,15,19,21H,5,7,11-12H2,1-2H3. The highest BCUT2D eigenvalue weighted by atomic mass is 16.3. The van der Waals surface area contributed by atoms with Crippen LogP contribution in [0.25, 0.3) is 10.8 Å². The van der Waals surface area contributed by atoms with Crippen molar-refractivity contribution >= 4 is 10.8 Å². The van der Waals surface area contributed by atoms with E-state index in [1.165, 1.54) is 12.8 Å². The minimum absolute atomic E-state index is 0.206. The molecule has 0 aromatic heterocycles. The first-order valence-electron chi connectivity index (χ1n) is 7.81. The highest BCUT2D eigenvalue weighted by Gasteiger charge is 2.21. The van der Waals surface area contributed by atoms with Gasteiger partial charge >= 0.3 is 0 Å². The van der Waals surface area contributed by atoms with Crippen LogP contribution < -0.4 is 5.32 Å². The summed E-state index contributed by atoms with van der Waals surface area (Å²) < 4.78 is 0. The molecule has 3 heteroatoms. The molecular weight excluding hydrogens is 260 g/mol. The lowest BCUT2D eigenvalue weighted by Gasteiger charge is -2.28. The average molecular weight is 284 g/mol. The number of aromatic hydroxyl groups is 1. The molecule has 0 amide bonds. The van der Waals surface area contributed by atoms with E-state index in [9.17, 15) is 5.11 Å². The van der Waals surface area contributed by atoms with E-state index in [0.717, 1.165) is 29.4 Å². The molecule has 2 aromatic rings. The van der Waals surface area contributed by atoms with Gasteiger partial charge < -0.3 is 10.4 Å². The predicted molar refractivity (Wildman–Crippen MR) is 87.7 cm³/mol. The van der Waals surface area contributed by atoms with Gasteiger partial charge in [0, 0.05) is 29.6 Å². The molecule has 0 radical (unpaired) electrons. The maximum absolute atomic E-state index is 10.6. The number of phenols is 1. The topological polar surface area (TPSA) is 35.5 Å². The first-order valence-corrected chi connectivity index (χ1v) is 7.81. The van der Waals surface area contributed by atoms with Crippen LogP contribution in [-0.4, -0.2) is 36.2 Å². The number of fused-ring (bicyclic) bond motifs is 1. The number of likely N-dealkylation sites (N-methyl/N-ethyl adjacent to an activating group) is 1. The van der Waals surface area contributed by atoms with E-state index in [2.05, 4.69) is 36.3 Å². The van der Waals surface area contributed by atoms with E-state index >= 15 is 0 Å². The molecule has 2 N–H and O–H groups in total. The SMILES string of the molecule is CC(c1ccc2ccccc2c1O)N(C)CC1CCCN1. The smallest absolute Gasteiger partial charge is 0.128 e. The van der Waals surface area contributed by atoms with Crippen LogP contribution in [0.1, 0.15) is 31.4 Å². The van der Waals surface area contributed by atoms with E-state index in [-0.39, 0.29) is 6.04 Å². The van der Waals surface area contributed by atoms with Crippen molar-refractivity contribution in [2.75, 3.05) is 20.1 Å². The molecule has 0 bridgehead atoms. The molecule has 0 aliphatic carbocycles. The van der Waals surface area contributed by atoms with E-state index in [1.54, 1.807) is 0 Å². The van der Waals surface area contributed by atoms with Crippen LogP contribution in [0.15, 0.2) is 36.4 Å². The third-order valence-electron chi connectivity index (χ3n) is 4.71. The van der Waals surface area contributed by atoms with Gasteiger partial charge in [0.1, 0.15) is 5.75 Å². The summed E-state index contributed by atoms with van der Waals surface area (Å²) in [6.07, 6.45) is 2.52. The van der Waals surface area contributed by atoms with Gasteiger partial charge in [0.05, 0.1) is 0 Å². The van der Waals surface area contributed by atoms with Gasteiger partial charge in [-0.25, -0.2) is 0 Å². The maximum Gasteiger partial charge on any atom is 0.128 e. The number of nitrogens with zero attached hydrogens (tertiary/aromatic N) is 1. The molecule has 0 spiro atoms. The van der Waals surface area contributed by atoms with Gasteiger partial charge in [-0.1, -0.05) is 36.4 Å². The summed E-state index contributed by atoms with van der Waals surface area (Å²) in [5, 5.41) is 16.1. The van der Waals surface area contributed by atoms with Crippen molar-refractivity contribution < 1.29 is 5.11 Å². The fourth-order valence-electron chi connectivity index (χ4n) is 3.26. The first kappa shape index (κ1) is 14.4. The minimum atomic E-state index is 0.206. The Kier molecular flexibility index (Phi) is 4.13. The van der Waals surface area contributed by atoms with Crippen LogP contribution in [0, 0.1) is 0 Å². The summed E-state index contributed by atoms with van der Waals surface area (Å²) in [6, 6.07) is 12.9. The van der Waals surface area contributed by atoms with Crippen LogP contribution in [0.2, 0.25) is 0 Å². The normalized spacial score (nSPS) is 20.2. The van der Waals surface area contributed by atoms with Gasteiger partial charge in [-0.3, -0.25) is 4.90 Å². The van der Waals surface area contributed by atoms with Gasteiger partial charge in [0.2, 0.25) is 0 Å². The fourth-order valence-corrected chi connectivity index (χ4v) is 3.26. The van der Waals surface area contributed by atoms with Crippen LogP contribution in [-0.2, 0) is 0 Å². The van der Waals surface area contributed by atoms with E-state index in [4.69, 9.17) is 0 Å². The molecule has 3 nitrogen and oxygen atoms in total. The third-order valence-corrected chi connectivity index (χ3v) is 4.71. The molecule has 1 saturated heterocycles. The second kappa shape index (κ2) is 6.04. The molecule has 2 unspecified atom stereocenters. The summed E-state index contributed by atoms with van der Waals surface area (Å²) in [6.45, 7) is 4.32. The average Bonchev–Trinajstić information content (AvgIpc) is 3.00.